The molecule has 1 heterocycles. The second kappa shape index (κ2) is 13.4. The van der Waals surface area contributed by atoms with Crippen LogP contribution in [0.15, 0.2) is 83.5 Å². The van der Waals surface area contributed by atoms with Crippen LogP contribution in [0.2, 0.25) is 5.02 Å². The van der Waals surface area contributed by atoms with Crippen molar-refractivity contribution in [2.45, 2.75) is 13.0 Å². The van der Waals surface area contributed by atoms with Gasteiger partial charge in [0.15, 0.2) is 0 Å². The van der Waals surface area contributed by atoms with Crippen LogP contribution in [0, 0.1) is 0 Å². The van der Waals surface area contributed by atoms with E-state index < -0.39 is 24.8 Å². The zero-order valence-electron chi connectivity index (χ0n) is 21.6. The number of anilines is 2. The number of hydrogen-bond donors (Lipinski definition) is 3. The van der Waals surface area contributed by atoms with Gasteiger partial charge in [-0.3, -0.25) is 14.4 Å². The molecule has 0 saturated carbocycles. The number of amides is 3. The predicted molar refractivity (Wildman–Crippen MR) is 156 cm³/mol. The van der Waals surface area contributed by atoms with Gasteiger partial charge in [-0.25, -0.2) is 8.78 Å². The number of rotatable bonds is 10. The van der Waals surface area contributed by atoms with Crippen LogP contribution in [0.5, 0.6) is 5.75 Å². The first-order valence-electron chi connectivity index (χ1n) is 12.2. The highest BCUT2D eigenvalue weighted by Gasteiger charge is 2.18. The molecule has 0 spiro atoms. The number of nitrogens with zero attached hydrogens (tertiary/aromatic N) is 1. The Morgan fingerprint density at radius 2 is 1.59 bits per heavy atom. The third kappa shape index (κ3) is 7.92. The molecule has 0 bridgehead atoms. The fourth-order valence-corrected chi connectivity index (χ4v) is 4.29. The van der Waals surface area contributed by atoms with Crippen molar-refractivity contribution in [2.75, 3.05) is 17.2 Å². The molecule has 4 aromatic rings. The Morgan fingerprint density at radius 1 is 0.902 bits per heavy atom. The summed E-state index contributed by atoms with van der Waals surface area (Å²) in [5, 5.41) is 8.33. The van der Waals surface area contributed by atoms with Gasteiger partial charge in [-0.15, -0.1) is 0 Å². The van der Waals surface area contributed by atoms with E-state index in [1.165, 1.54) is 18.2 Å². The Balaban J connectivity index is 1.51. The van der Waals surface area contributed by atoms with Crippen molar-refractivity contribution < 1.29 is 27.9 Å². The van der Waals surface area contributed by atoms with E-state index in [1.807, 2.05) is 0 Å². The second-order valence-electron chi connectivity index (χ2n) is 8.83. The molecule has 3 N–H and O–H groups in total. The summed E-state index contributed by atoms with van der Waals surface area (Å²) in [6, 6.07) is 19.1. The van der Waals surface area contributed by atoms with E-state index in [4.69, 9.17) is 16.3 Å². The maximum absolute atomic E-state index is 13.1. The van der Waals surface area contributed by atoms with Crippen molar-refractivity contribution in [3.05, 3.63) is 111 Å². The van der Waals surface area contributed by atoms with Crippen molar-refractivity contribution in [3.63, 3.8) is 0 Å². The summed E-state index contributed by atoms with van der Waals surface area (Å²) < 4.78 is 33.3. The van der Waals surface area contributed by atoms with Crippen LogP contribution in [0.1, 0.15) is 36.8 Å². The summed E-state index contributed by atoms with van der Waals surface area (Å²) in [7, 11) is 1.76. The topological polar surface area (TPSA) is 101 Å². The van der Waals surface area contributed by atoms with Crippen molar-refractivity contribution in [1.82, 2.24) is 9.88 Å². The molecule has 0 atom stereocenters. The molecule has 8 nitrogen and oxygen atoms in total. The molecule has 0 saturated heterocycles. The lowest BCUT2D eigenvalue weighted by molar-refractivity contribution is 0.0803. The van der Waals surface area contributed by atoms with Crippen molar-refractivity contribution in [2.24, 2.45) is 7.05 Å². The number of aryl methyl sites for hydroxylation is 1. The van der Waals surface area contributed by atoms with Crippen LogP contribution in [0.25, 0.3) is 0 Å². The van der Waals surface area contributed by atoms with Gasteiger partial charge in [-0.05, 0) is 72.3 Å². The zero-order chi connectivity index (χ0) is 29.5. The zero-order valence-corrected chi connectivity index (χ0v) is 23.9. The highest BCUT2D eigenvalue weighted by Crippen LogP contribution is 2.27. The third-order valence-corrected chi connectivity index (χ3v) is 6.71. The van der Waals surface area contributed by atoms with Gasteiger partial charge in [0.1, 0.15) is 18.1 Å². The van der Waals surface area contributed by atoms with Crippen LogP contribution in [-0.4, -0.2) is 35.3 Å². The first-order valence-corrected chi connectivity index (χ1v) is 13.4. The number of carbonyl (C=O) groups excluding carboxylic acids is 3. The molecule has 0 unspecified atom stereocenters. The monoisotopic (exact) mass is 644 g/mol. The van der Waals surface area contributed by atoms with Gasteiger partial charge in [-0.1, -0.05) is 33.6 Å². The minimum Gasteiger partial charge on any atom is -0.487 e. The highest BCUT2D eigenvalue weighted by atomic mass is 79.9. The number of hydrogen-bond acceptors (Lipinski definition) is 4. The van der Waals surface area contributed by atoms with Gasteiger partial charge < -0.3 is 25.3 Å². The number of aromatic nitrogens is 1. The molecule has 0 radical (unpaired) electrons. The van der Waals surface area contributed by atoms with Crippen LogP contribution >= 0.6 is 27.5 Å². The van der Waals surface area contributed by atoms with Crippen molar-refractivity contribution in [3.8, 4) is 5.75 Å². The summed E-state index contributed by atoms with van der Waals surface area (Å²) >= 11 is 9.61. The van der Waals surface area contributed by atoms with Gasteiger partial charge in [0, 0.05) is 35.6 Å². The lowest BCUT2D eigenvalue weighted by atomic mass is 10.1. The Labute approximate surface area is 247 Å². The van der Waals surface area contributed by atoms with Gasteiger partial charge >= 0.3 is 0 Å². The van der Waals surface area contributed by atoms with E-state index in [1.54, 1.807) is 72.4 Å². The van der Waals surface area contributed by atoms with E-state index in [9.17, 15) is 23.2 Å². The first-order chi connectivity index (χ1) is 19.6. The summed E-state index contributed by atoms with van der Waals surface area (Å²) in [4.78, 5) is 38.6. The smallest absolute Gasteiger partial charge is 0.272 e. The predicted octanol–water partition coefficient (Wildman–Crippen LogP) is 6.52. The lowest BCUT2D eigenvalue weighted by Crippen LogP contribution is -2.25. The van der Waals surface area contributed by atoms with Crippen LogP contribution in [-0.2, 0) is 13.6 Å². The standard InChI is InChI=1S/C29H24BrClF2N4O4/c1-37-12-2-3-24(37)29(40)34-15-17-4-10-23(31)21(13-17)27(38)36-20-9-11-25(41-16-26(32)33)22(14-20)28(39)35-19-7-5-18(30)6-8-19/h2-14,26H,15-16H2,1H3,(H,34,40)(H,35,39)(H,36,38). The lowest BCUT2D eigenvalue weighted by Gasteiger charge is -2.14. The van der Waals surface area contributed by atoms with Crippen LogP contribution in [0.3, 0.4) is 0 Å². The van der Waals surface area contributed by atoms with Crippen LogP contribution in [0.4, 0.5) is 20.2 Å². The maximum atomic E-state index is 13.1. The molecular formula is C29H24BrClF2N4O4. The molecule has 0 aliphatic rings. The molecule has 3 amide bonds. The molecule has 1 aromatic heterocycles. The number of alkyl halides is 2. The highest BCUT2D eigenvalue weighted by molar-refractivity contribution is 9.10. The fraction of sp³-hybridized carbons (Fsp3) is 0.138. The molecule has 0 aliphatic heterocycles. The molecule has 0 fully saturated rings. The average molecular weight is 646 g/mol. The molecule has 41 heavy (non-hydrogen) atoms. The van der Waals surface area contributed by atoms with Crippen molar-refractivity contribution >= 4 is 56.6 Å². The SMILES string of the molecule is Cn1cccc1C(=O)NCc1ccc(Cl)c(C(=O)Nc2ccc(OCC(F)F)c(C(=O)Nc3ccc(Br)cc3)c2)c1. The van der Waals surface area contributed by atoms with Gasteiger partial charge in [0.2, 0.25) is 0 Å². The number of ether oxygens (including phenoxy) is 1. The fourth-order valence-electron chi connectivity index (χ4n) is 3.82. The van der Waals surface area contributed by atoms with E-state index in [0.29, 0.717) is 16.9 Å². The van der Waals surface area contributed by atoms with Crippen molar-refractivity contribution in [1.29, 1.82) is 0 Å². The quantitative estimate of drug-likeness (QED) is 0.183. The van der Waals surface area contributed by atoms with Gasteiger partial charge in [0.05, 0.1) is 16.1 Å². The molecule has 0 aliphatic carbocycles. The van der Waals surface area contributed by atoms with Crippen LogP contribution < -0.4 is 20.7 Å². The van der Waals surface area contributed by atoms with Gasteiger partial charge in [-0.2, -0.15) is 0 Å². The van der Waals surface area contributed by atoms with Gasteiger partial charge in [0.25, 0.3) is 24.1 Å². The number of nitrogens with one attached hydrogen (secondary N) is 3. The summed E-state index contributed by atoms with van der Waals surface area (Å²) in [5.41, 5.74) is 1.87. The Kier molecular flexibility index (Phi) is 9.74. The average Bonchev–Trinajstić information content (AvgIpc) is 3.38. The Morgan fingerprint density at radius 3 is 2.27 bits per heavy atom. The number of benzene rings is 3. The largest absolute Gasteiger partial charge is 0.487 e. The Bertz CT molecular complexity index is 1580. The van der Waals surface area contributed by atoms with E-state index in [0.717, 1.165) is 4.47 Å². The van der Waals surface area contributed by atoms with E-state index >= 15 is 0 Å². The molecule has 4 rings (SSSR count). The third-order valence-electron chi connectivity index (χ3n) is 5.85. The molecule has 3 aromatic carbocycles. The summed E-state index contributed by atoms with van der Waals surface area (Å²) in [6.07, 6.45) is -0.990. The first kappa shape index (κ1) is 29.8. The normalized spacial score (nSPS) is 10.8. The summed E-state index contributed by atoms with van der Waals surface area (Å²) in [5.74, 6) is -1.55. The minimum atomic E-state index is -2.75. The number of carbonyl (C=O) groups is 3. The van der Waals surface area contributed by atoms with E-state index in [-0.39, 0.29) is 40.0 Å². The molecular weight excluding hydrogens is 622 g/mol. The maximum Gasteiger partial charge on any atom is 0.272 e. The van der Waals surface area contributed by atoms with E-state index in [2.05, 4.69) is 31.9 Å². The molecule has 12 heteroatoms. The molecule has 212 valence electrons. The Hall–Kier alpha value is -4.22. The minimum absolute atomic E-state index is 0.0606. The summed E-state index contributed by atoms with van der Waals surface area (Å²) in [6.45, 7) is -0.759. The second-order valence-corrected chi connectivity index (χ2v) is 10.2. The number of halogens is 4.